The molecule has 3 rings (SSSR count). The van der Waals surface area contributed by atoms with Crippen LogP contribution >= 0.6 is 11.8 Å². The number of nitrogens with one attached hydrogen (secondary N) is 1. The number of aromatic nitrogens is 4. The Labute approximate surface area is 132 Å². The number of rotatable bonds is 7. The lowest BCUT2D eigenvalue weighted by Gasteiger charge is -1.96. The van der Waals surface area contributed by atoms with Crippen molar-refractivity contribution in [2.75, 3.05) is 7.11 Å². The van der Waals surface area contributed by atoms with E-state index in [9.17, 15) is 0 Å². The molecule has 0 saturated carbocycles. The molecule has 116 valence electrons. The maximum absolute atomic E-state index is 5.22. The number of methoxy groups -OCH3 is 1. The second-order valence-corrected chi connectivity index (χ2v) is 5.89. The highest BCUT2D eigenvalue weighted by atomic mass is 32.2. The van der Waals surface area contributed by atoms with Crippen LogP contribution in [0.3, 0.4) is 0 Å². The fourth-order valence-electron chi connectivity index (χ4n) is 2.07. The average molecular weight is 318 g/mol. The molecule has 7 heteroatoms. The Kier molecular flexibility index (Phi) is 4.62. The van der Waals surface area contributed by atoms with E-state index in [1.807, 2.05) is 18.2 Å². The first kappa shape index (κ1) is 14.9. The Morgan fingerprint density at radius 3 is 3.05 bits per heavy atom. The minimum absolute atomic E-state index is 0.632. The van der Waals surface area contributed by atoms with Gasteiger partial charge in [-0.25, -0.2) is 4.98 Å². The summed E-state index contributed by atoms with van der Waals surface area (Å²) in [7, 11) is 1.65. The highest BCUT2D eigenvalue weighted by Crippen LogP contribution is 2.24. The first-order chi connectivity index (χ1) is 10.8. The number of imidazole rings is 1. The first-order valence-corrected chi connectivity index (χ1v) is 8.25. The summed E-state index contributed by atoms with van der Waals surface area (Å²) in [6, 6.07) is 5.77. The molecule has 0 unspecified atom stereocenters. The van der Waals surface area contributed by atoms with Gasteiger partial charge in [-0.2, -0.15) is 4.98 Å². The topological polar surface area (TPSA) is 76.8 Å². The van der Waals surface area contributed by atoms with Crippen molar-refractivity contribution >= 4 is 22.8 Å². The van der Waals surface area contributed by atoms with Gasteiger partial charge in [0.1, 0.15) is 5.75 Å². The molecule has 2 aromatic heterocycles. The van der Waals surface area contributed by atoms with Crippen molar-refractivity contribution in [2.24, 2.45) is 0 Å². The van der Waals surface area contributed by atoms with Crippen LogP contribution in [0, 0.1) is 0 Å². The van der Waals surface area contributed by atoms with Gasteiger partial charge in [-0.1, -0.05) is 30.3 Å². The number of aromatic amines is 1. The average Bonchev–Trinajstić information content (AvgIpc) is 3.16. The van der Waals surface area contributed by atoms with Gasteiger partial charge in [-0.15, -0.1) is 0 Å². The normalized spacial score (nSPS) is 11.2. The Morgan fingerprint density at radius 2 is 2.23 bits per heavy atom. The van der Waals surface area contributed by atoms with E-state index in [0.29, 0.717) is 17.5 Å². The number of H-pyrrole nitrogens is 1. The first-order valence-electron chi connectivity index (χ1n) is 7.26. The Bertz CT molecular complexity index is 753. The zero-order chi connectivity index (χ0) is 15.4. The van der Waals surface area contributed by atoms with Gasteiger partial charge >= 0.3 is 0 Å². The molecule has 3 aromatic rings. The number of aryl methyl sites for hydroxylation is 1. The number of fused-ring (bicyclic) bond motifs is 1. The van der Waals surface area contributed by atoms with Gasteiger partial charge in [-0.3, -0.25) is 0 Å². The fourth-order valence-corrected chi connectivity index (χ4v) is 2.80. The summed E-state index contributed by atoms with van der Waals surface area (Å²) < 4.78 is 10.4. The molecule has 0 radical (unpaired) electrons. The molecule has 22 heavy (non-hydrogen) atoms. The standard InChI is InChI=1S/C15H18N4O2S/c1-3-4-5-14-18-13(19-21-14)9-22-15-16-11-7-6-10(20-2)8-12(11)17-15/h6-8H,3-5,9H2,1-2H3,(H,16,17). The second-order valence-electron chi connectivity index (χ2n) is 4.92. The van der Waals surface area contributed by atoms with Gasteiger partial charge in [0.2, 0.25) is 5.89 Å². The second kappa shape index (κ2) is 6.83. The van der Waals surface area contributed by atoms with Gasteiger partial charge in [0.05, 0.1) is 23.9 Å². The van der Waals surface area contributed by atoms with Crippen LogP contribution in [0.25, 0.3) is 11.0 Å². The molecule has 0 aliphatic carbocycles. The maximum Gasteiger partial charge on any atom is 0.226 e. The molecule has 0 aliphatic rings. The van der Waals surface area contributed by atoms with E-state index >= 15 is 0 Å². The molecular weight excluding hydrogens is 300 g/mol. The number of nitrogens with zero attached hydrogens (tertiary/aromatic N) is 3. The molecule has 2 heterocycles. The van der Waals surface area contributed by atoms with Crippen LogP contribution in [0.15, 0.2) is 27.9 Å². The van der Waals surface area contributed by atoms with Gasteiger partial charge in [0.25, 0.3) is 0 Å². The molecule has 0 atom stereocenters. The predicted molar refractivity (Wildman–Crippen MR) is 85.1 cm³/mol. The SMILES string of the molecule is CCCCc1nc(CSc2nc3ccc(OC)cc3[nH]2)no1. The lowest BCUT2D eigenvalue weighted by Crippen LogP contribution is -1.87. The van der Waals surface area contributed by atoms with Crippen molar-refractivity contribution in [2.45, 2.75) is 37.1 Å². The summed E-state index contributed by atoms with van der Waals surface area (Å²) in [4.78, 5) is 12.2. The number of hydrogen-bond acceptors (Lipinski definition) is 6. The zero-order valence-corrected chi connectivity index (χ0v) is 13.4. The lowest BCUT2D eigenvalue weighted by molar-refractivity contribution is 0.371. The number of hydrogen-bond donors (Lipinski definition) is 1. The summed E-state index contributed by atoms with van der Waals surface area (Å²) in [5, 5.41) is 4.83. The summed E-state index contributed by atoms with van der Waals surface area (Å²) in [6.45, 7) is 2.14. The molecule has 0 fully saturated rings. The van der Waals surface area contributed by atoms with E-state index in [2.05, 4.69) is 27.0 Å². The number of benzene rings is 1. The third-order valence-corrected chi connectivity index (χ3v) is 4.13. The van der Waals surface area contributed by atoms with Crippen LogP contribution in [0.4, 0.5) is 0 Å². The van der Waals surface area contributed by atoms with Crippen LogP contribution < -0.4 is 4.74 Å². The number of thioether (sulfide) groups is 1. The Hall–Kier alpha value is -2.02. The molecule has 1 N–H and O–H groups in total. The van der Waals surface area contributed by atoms with E-state index in [-0.39, 0.29) is 0 Å². The van der Waals surface area contributed by atoms with Crippen LogP contribution in [0.2, 0.25) is 0 Å². The molecule has 6 nitrogen and oxygen atoms in total. The van der Waals surface area contributed by atoms with Crippen molar-refractivity contribution in [3.63, 3.8) is 0 Å². The van der Waals surface area contributed by atoms with E-state index in [0.717, 1.165) is 41.2 Å². The van der Waals surface area contributed by atoms with E-state index in [4.69, 9.17) is 9.26 Å². The fraction of sp³-hybridized carbons (Fsp3) is 0.400. The third-order valence-electron chi connectivity index (χ3n) is 3.26. The van der Waals surface area contributed by atoms with Gasteiger partial charge in [0, 0.05) is 12.5 Å². The monoisotopic (exact) mass is 318 g/mol. The quantitative estimate of drug-likeness (QED) is 0.671. The van der Waals surface area contributed by atoms with Gasteiger partial charge in [-0.05, 0) is 18.6 Å². The highest BCUT2D eigenvalue weighted by molar-refractivity contribution is 7.98. The van der Waals surface area contributed by atoms with Crippen molar-refractivity contribution in [1.29, 1.82) is 0 Å². The summed E-state index contributed by atoms with van der Waals surface area (Å²) in [5.74, 6) is 2.86. The molecule has 1 aromatic carbocycles. The third kappa shape index (κ3) is 3.41. The molecular formula is C15H18N4O2S. The van der Waals surface area contributed by atoms with Crippen LogP contribution in [-0.4, -0.2) is 27.2 Å². The van der Waals surface area contributed by atoms with Gasteiger partial charge < -0.3 is 14.2 Å². The molecule has 0 bridgehead atoms. The zero-order valence-electron chi connectivity index (χ0n) is 12.6. The van der Waals surface area contributed by atoms with E-state index in [1.54, 1.807) is 18.9 Å². The van der Waals surface area contributed by atoms with E-state index in [1.165, 1.54) is 0 Å². The molecule has 0 amide bonds. The minimum Gasteiger partial charge on any atom is -0.497 e. The Balaban J connectivity index is 1.64. The van der Waals surface area contributed by atoms with Crippen molar-refractivity contribution in [1.82, 2.24) is 20.1 Å². The largest absolute Gasteiger partial charge is 0.497 e. The van der Waals surface area contributed by atoms with Crippen molar-refractivity contribution < 1.29 is 9.26 Å². The predicted octanol–water partition coefficient (Wildman–Crippen LogP) is 3.59. The van der Waals surface area contributed by atoms with Gasteiger partial charge in [0.15, 0.2) is 11.0 Å². The van der Waals surface area contributed by atoms with Crippen LogP contribution in [0.5, 0.6) is 5.75 Å². The smallest absolute Gasteiger partial charge is 0.226 e. The highest BCUT2D eigenvalue weighted by Gasteiger charge is 2.09. The maximum atomic E-state index is 5.22. The summed E-state index contributed by atoms with van der Waals surface area (Å²) >= 11 is 1.56. The minimum atomic E-state index is 0.632. The molecule has 0 aliphatic heterocycles. The molecule has 0 saturated heterocycles. The number of ether oxygens (including phenoxy) is 1. The summed E-state index contributed by atoms with van der Waals surface area (Å²) in [6.07, 6.45) is 3.04. The molecule has 0 spiro atoms. The van der Waals surface area contributed by atoms with E-state index < -0.39 is 0 Å². The Morgan fingerprint density at radius 1 is 1.32 bits per heavy atom. The lowest BCUT2D eigenvalue weighted by atomic mass is 10.2. The number of unbranched alkanes of at least 4 members (excludes halogenated alkanes) is 1. The van der Waals surface area contributed by atoms with Crippen molar-refractivity contribution in [3.05, 3.63) is 29.9 Å². The van der Waals surface area contributed by atoms with Crippen LogP contribution in [0.1, 0.15) is 31.5 Å². The van der Waals surface area contributed by atoms with Crippen LogP contribution in [-0.2, 0) is 12.2 Å². The summed E-state index contributed by atoms with van der Waals surface area (Å²) in [5.41, 5.74) is 1.87. The van der Waals surface area contributed by atoms with Crippen molar-refractivity contribution in [3.8, 4) is 5.75 Å².